The lowest BCUT2D eigenvalue weighted by Gasteiger charge is -2.32. The standard InChI is InChI=1S/C14H20N2O5/c1-4-5-7-20-10-9(12(18)19)15-13-14(2,3)21-8-6-16(13)11(10)17/h4-8H2,1-3H3,(H,18,19). The molecule has 1 aliphatic rings. The fourth-order valence-corrected chi connectivity index (χ4v) is 2.25. The summed E-state index contributed by atoms with van der Waals surface area (Å²) in [5.74, 6) is -1.14. The number of carbonyl (C=O) groups is 1. The molecule has 0 unspecified atom stereocenters. The molecule has 0 saturated heterocycles. The molecule has 116 valence electrons. The van der Waals surface area contributed by atoms with Crippen LogP contribution in [0.1, 0.15) is 49.9 Å². The monoisotopic (exact) mass is 296 g/mol. The molecule has 21 heavy (non-hydrogen) atoms. The molecule has 0 radical (unpaired) electrons. The third-order valence-corrected chi connectivity index (χ3v) is 3.39. The van der Waals surface area contributed by atoms with Crippen molar-refractivity contribution in [2.24, 2.45) is 0 Å². The van der Waals surface area contributed by atoms with Gasteiger partial charge >= 0.3 is 5.97 Å². The number of aromatic nitrogens is 2. The zero-order chi connectivity index (χ0) is 15.6. The molecule has 1 aromatic rings. The molecular formula is C14H20N2O5. The topological polar surface area (TPSA) is 90.6 Å². The van der Waals surface area contributed by atoms with Crippen molar-refractivity contribution in [1.82, 2.24) is 9.55 Å². The van der Waals surface area contributed by atoms with Crippen molar-refractivity contribution in [2.75, 3.05) is 13.2 Å². The molecule has 0 atom stereocenters. The molecular weight excluding hydrogens is 276 g/mol. The van der Waals surface area contributed by atoms with Crippen molar-refractivity contribution in [3.8, 4) is 5.75 Å². The lowest BCUT2D eigenvalue weighted by atomic mass is 10.1. The van der Waals surface area contributed by atoms with Gasteiger partial charge in [-0.05, 0) is 20.3 Å². The number of hydrogen-bond acceptors (Lipinski definition) is 5. The van der Waals surface area contributed by atoms with Crippen LogP contribution in [0.4, 0.5) is 0 Å². The van der Waals surface area contributed by atoms with Crippen LogP contribution in [-0.4, -0.2) is 33.8 Å². The minimum atomic E-state index is -1.27. The zero-order valence-corrected chi connectivity index (χ0v) is 12.5. The van der Waals surface area contributed by atoms with Gasteiger partial charge in [-0.25, -0.2) is 9.78 Å². The second kappa shape index (κ2) is 5.85. The first-order valence-corrected chi connectivity index (χ1v) is 7.04. The first-order chi connectivity index (χ1) is 9.88. The lowest BCUT2D eigenvalue weighted by molar-refractivity contribution is -0.0568. The van der Waals surface area contributed by atoms with E-state index in [1.165, 1.54) is 4.57 Å². The summed E-state index contributed by atoms with van der Waals surface area (Å²) in [6.07, 6.45) is 1.64. The molecule has 2 rings (SSSR count). The SMILES string of the molecule is CCCCOc1c(C(=O)O)nc2n(c1=O)CCOC2(C)C. The Bertz CT molecular complexity index is 606. The number of rotatable bonds is 5. The van der Waals surface area contributed by atoms with Gasteiger partial charge in [0.1, 0.15) is 11.4 Å². The van der Waals surface area contributed by atoms with Gasteiger partial charge in [0, 0.05) is 0 Å². The molecule has 0 fully saturated rings. The second-order valence-electron chi connectivity index (χ2n) is 5.44. The van der Waals surface area contributed by atoms with E-state index >= 15 is 0 Å². The molecule has 1 aliphatic heterocycles. The Labute approximate surface area is 122 Å². The molecule has 1 N–H and O–H groups in total. The van der Waals surface area contributed by atoms with Gasteiger partial charge in [0.25, 0.3) is 5.56 Å². The van der Waals surface area contributed by atoms with Crippen molar-refractivity contribution in [3.05, 3.63) is 21.9 Å². The Balaban J connectivity index is 2.55. The lowest BCUT2D eigenvalue weighted by Crippen LogP contribution is -2.42. The molecule has 0 aliphatic carbocycles. The van der Waals surface area contributed by atoms with Crippen molar-refractivity contribution in [2.45, 2.75) is 45.8 Å². The van der Waals surface area contributed by atoms with Gasteiger partial charge in [-0.15, -0.1) is 0 Å². The maximum absolute atomic E-state index is 12.5. The fraction of sp³-hybridized carbons (Fsp3) is 0.643. The van der Waals surface area contributed by atoms with Crippen molar-refractivity contribution in [3.63, 3.8) is 0 Å². The van der Waals surface area contributed by atoms with Crippen LogP contribution in [0, 0.1) is 0 Å². The van der Waals surface area contributed by atoms with Crippen LogP contribution in [0.3, 0.4) is 0 Å². The third kappa shape index (κ3) is 2.92. The number of aromatic carboxylic acids is 1. The first kappa shape index (κ1) is 15.5. The molecule has 0 spiro atoms. The van der Waals surface area contributed by atoms with E-state index in [9.17, 15) is 14.7 Å². The average Bonchev–Trinajstić information content (AvgIpc) is 2.41. The van der Waals surface area contributed by atoms with E-state index in [-0.39, 0.29) is 11.4 Å². The quantitative estimate of drug-likeness (QED) is 0.826. The van der Waals surface area contributed by atoms with Gasteiger partial charge in [0.2, 0.25) is 5.75 Å². The average molecular weight is 296 g/mol. The number of fused-ring (bicyclic) bond motifs is 1. The van der Waals surface area contributed by atoms with Crippen LogP contribution in [0.25, 0.3) is 0 Å². The molecule has 7 nitrogen and oxygen atoms in total. The summed E-state index contributed by atoms with van der Waals surface area (Å²) in [6, 6.07) is 0. The summed E-state index contributed by atoms with van der Waals surface area (Å²) in [5, 5.41) is 9.29. The largest absolute Gasteiger partial charge is 0.486 e. The zero-order valence-electron chi connectivity index (χ0n) is 12.5. The van der Waals surface area contributed by atoms with Gasteiger partial charge in [-0.1, -0.05) is 13.3 Å². The number of carboxylic acid groups (broad SMARTS) is 1. The summed E-state index contributed by atoms with van der Waals surface area (Å²) in [7, 11) is 0. The second-order valence-corrected chi connectivity index (χ2v) is 5.44. The van der Waals surface area contributed by atoms with Gasteiger partial charge in [0.05, 0.1) is 19.8 Å². The number of carboxylic acids is 1. The molecule has 0 aromatic carbocycles. The molecule has 0 bridgehead atoms. The van der Waals surface area contributed by atoms with Crippen LogP contribution >= 0.6 is 0 Å². The van der Waals surface area contributed by atoms with E-state index in [0.717, 1.165) is 12.8 Å². The van der Waals surface area contributed by atoms with Crippen LogP contribution in [0.15, 0.2) is 4.79 Å². The molecule has 7 heteroatoms. The van der Waals surface area contributed by atoms with Crippen LogP contribution in [0.5, 0.6) is 5.75 Å². The van der Waals surface area contributed by atoms with Gasteiger partial charge in [0.15, 0.2) is 5.69 Å². The smallest absolute Gasteiger partial charge is 0.358 e. The van der Waals surface area contributed by atoms with Crippen LogP contribution in [0.2, 0.25) is 0 Å². The summed E-state index contributed by atoms with van der Waals surface area (Å²) in [4.78, 5) is 28.0. The Hall–Kier alpha value is -1.89. The summed E-state index contributed by atoms with van der Waals surface area (Å²) < 4.78 is 12.4. The van der Waals surface area contributed by atoms with Crippen molar-refractivity contribution < 1.29 is 19.4 Å². The number of ether oxygens (including phenoxy) is 2. The fourth-order valence-electron chi connectivity index (χ4n) is 2.25. The van der Waals surface area contributed by atoms with Crippen LogP contribution < -0.4 is 10.3 Å². The number of nitrogens with zero attached hydrogens (tertiary/aromatic N) is 2. The summed E-state index contributed by atoms with van der Waals surface area (Å²) >= 11 is 0. The van der Waals surface area contributed by atoms with E-state index in [0.29, 0.717) is 25.6 Å². The maximum atomic E-state index is 12.5. The van der Waals surface area contributed by atoms with Crippen molar-refractivity contribution in [1.29, 1.82) is 0 Å². The summed E-state index contributed by atoms with van der Waals surface area (Å²) in [5.41, 5.74) is -1.60. The Morgan fingerprint density at radius 1 is 1.52 bits per heavy atom. The van der Waals surface area contributed by atoms with E-state index in [1.54, 1.807) is 13.8 Å². The maximum Gasteiger partial charge on any atom is 0.358 e. The predicted octanol–water partition coefficient (Wildman–Crippen LogP) is 1.39. The molecule has 0 amide bonds. The molecule has 1 aromatic heterocycles. The Kier molecular flexibility index (Phi) is 4.32. The Morgan fingerprint density at radius 3 is 2.86 bits per heavy atom. The van der Waals surface area contributed by atoms with Crippen molar-refractivity contribution >= 4 is 5.97 Å². The van der Waals surface area contributed by atoms with Gasteiger partial charge in [-0.3, -0.25) is 9.36 Å². The minimum absolute atomic E-state index is 0.183. The van der Waals surface area contributed by atoms with Crippen LogP contribution in [-0.2, 0) is 16.9 Å². The highest BCUT2D eigenvalue weighted by atomic mass is 16.5. The molecule has 0 saturated carbocycles. The van der Waals surface area contributed by atoms with Gasteiger partial charge < -0.3 is 14.6 Å². The number of hydrogen-bond donors (Lipinski definition) is 1. The van der Waals surface area contributed by atoms with Gasteiger partial charge in [-0.2, -0.15) is 0 Å². The van der Waals surface area contributed by atoms with E-state index in [4.69, 9.17) is 9.47 Å². The predicted molar refractivity (Wildman–Crippen MR) is 74.8 cm³/mol. The van der Waals surface area contributed by atoms with E-state index in [2.05, 4.69) is 4.98 Å². The normalized spacial score (nSPS) is 16.3. The summed E-state index contributed by atoms with van der Waals surface area (Å²) in [6.45, 7) is 6.52. The highest BCUT2D eigenvalue weighted by Crippen LogP contribution is 2.27. The number of unbranched alkanes of at least 4 members (excludes halogenated alkanes) is 1. The van der Waals surface area contributed by atoms with E-state index in [1.807, 2.05) is 6.92 Å². The highest BCUT2D eigenvalue weighted by molar-refractivity contribution is 5.88. The molecule has 2 heterocycles. The third-order valence-electron chi connectivity index (χ3n) is 3.39. The minimum Gasteiger partial charge on any atom is -0.486 e. The van der Waals surface area contributed by atoms with E-state index < -0.39 is 17.1 Å². The highest BCUT2D eigenvalue weighted by Gasteiger charge is 2.34. The Morgan fingerprint density at radius 2 is 2.24 bits per heavy atom. The first-order valence-electron chi connectivity index (χ1n) is 7.04.